The highest BCUT2D eigenvalue weighted by atomic mass is 16.5. The van der Waals surface area contributed by atoms with E-state index in [9.17, 15) is 9.59 Å². The van der Waals surface area contributed by atoms with Gasteiger partial charge in [0, 0.05) is 19.2 Å². The molecule has 0 saturated carbocycles. The van der Waals surface area contributed by atoms with Crippen molar-refractivity contribution in [1.82, 2.24) is 4.90 Å². The predicted molar refractivity (Wildman–Crippen MR) is 83.2 cm³/mol. The molecule has 1 aromatic heterocycles. The number of carboxylic acids is 1. The molecule has 122 valence electrons. The molecule has 2 rings (SSSR count). The van der Waals surface area contributed by atoms with E-state index in [4.69, 9.17) is 14.3 Å². The van der Waals surface area contributed by atoms with Crippen molar-refractivity contribution in [1.29, 1.82) is 0 Å². The second kappa shape index (κ2) is 7.49. The Bertz CT molecular complexity index is 665. The molecular formula is C17H19NO5. The van der Waals surface area contributed by atoms with Crippen molar-refractivity contribution in [3.05, 3.63) is 54.0 Å². The third-order valence-corrected chi connectivity index (χ3v) is 3.39. The normalized spacial score (nSPS) is 11.7. The number of rotatable bonds is 7. The van der Waals surface area contributed by atoms with Crippen molar-refractivity contribution in [2.24, 2.45) is 5.92 Å². The first-order valence-corrected chi connectivity index (χ1v) is 7.21. The molecule has 1 aromatic carbocycles. The van der Waals surface area contributed by atoms with Gasteiger partial charge in [0.05, 0.1) is 12.2 Å². The van der Waals surface area contributed by atoms with Gasteiger partial charge in [0.15, 0.2) is 5.76 Å². The molecule has 6 nitrogen and oxygen atoms in total. The molecule has 0 unspecified atom stereocenters. The Kier molecular flexibility index (Phi) is 5.41. The fourth-order valence-corrected chi connectivity index (χ4v) is 2.06. The van der Waals surface area contributed by atoms with Gasteiger partial charge in [0.1, 0.15) is 12.4 Å². The Morgan fingerprint density at radius 1 is 1.26 bits per heavy atom. The molecule has 2 aromatic rings. The number of benzene rings is 1. The maximum absolute atomic E-state index is 12.4. The van der Waals surface area contributed by atoms with E-state index in [-0.39, 0.29) is 24.8 Å². The molecule has 0 bridgehead atoms. The van der Waals surface area contributed by atoms with Crippen molar-refractivity contribution < 1.29 is 23.8 Å². The Morgan fingerprint density at radius 2 is 1.96 bits per heavy atom. The number of hydrogen-bond acceptors (Lipinski definition) is 4. The van der Waals surface area contributed by atoms with E-state index >= 15 is 0 Å². The summed E-state index contributed by atoms with van der Waals surface area (Å²) < 4.78 is 10.9. The zero-order chi connectivity index (χ0) is 16.8. The molecule has 1 N–H and O–H groups in total. The summed E-state index contributed by atoms with van der Waals surface area (Å²) in [6, 6.07) is 10.9. The van der Waals surface area contributed by atoms with Crippen LogP contribution in [0.4, 0.5) is 0 Å². The Labute approximate surface area is 134 Å². The van der Waals surface area contributed by atoms with E-state index in [1.54, 1.807) is 20.0 Å². The molecule has 1 amide bonds. The molecule has 23 heavy (non-hydrogen) atoms. The van der Waals surface area contributed by atoms with Crippen LogP contribution < -0.4 is 4.74 Å². The van der Waals surface area contributed by atoms with Gasteiger partial charge in [-0.15, -0.1) is 0 Å². The molecule has 0 saturated heterocycles. The summed E-state index contributed by atoms with van der Waals surface area (Å²) >= 11 is 0. The first kappa shape index (κ1) is 16.6. The highest BCUT2D eigenvalue weighted by molar-refractivity contribution is 5.93. The van der Waals surface area contributed by atoms with Crippen LogP contribution in [0.2, 0.25) is 0 Å². The van der Waals surface area contributed by atoms with Crippen LogP contribution in [0.1, 0.15) is 23.0 Å². The average molecular weight is 317 g/mol. The Hall–Kier alpha value is -2.76. The average Bonchev–Trinajstić information content (AvgIpc) is 3.01. The van der Waals surface area contributed by atoms with Crippen molar-refractivity contribution >= 4 is 11.9 Å². The number of para-hydroxylation sites is 1. The van der Waals surface area contributed by atoms with Gasteiger partial charge in [0.2, 0.25) is 0 Å². The fraction of sp³-hybridized carbons (Fsp3) is 0.294. The highest BCUT2D eigenvalue weighted by Gasteiger charge is 2.23. The minimum atomic E-state index is -0.947. The SMILES string of the molecule is C[C@H](CN(C)C(=O)c1occc1COc1ccccc1)C(=O)O. The van der Waals surface area contributed by atoms with Gasteiger partial charge in [-0.3, -0.25) is 9.59 Å². The highest BCUT2D eigenvalue weighted by Crippen LogP contribution is 2.17. The van der Waals surface area contributed by atoms with Crippen LogP contribution in [-0.2, 0) is 11.4 Å². The molecule has 6 heteroatoms. The van der Waals surface area contributed by atoms with Gasteiger partial charge in [-0.25, -0.2) is 0 Å². The molecular weight excluding hydrogens is 298 g/mol. The van der Waals surface area contributed by atoms with Gasteiger partial charge < -0.3 is 19.2 Å². The summed E-state index contributed by atoms with van der Waals surface area (Å²) in [7, 11) is 1.55. The molecule has 0 aliphatic carbocycles. The summed E-state index contributed by atoms with van der Waals surface area (Å²) in [6.07, 6.45) is 1.42. The lowest BCUT2D eigenvalue weighted by atomic mass is 10.1. The maximum Gasteiger partial charge on any atom is 0.308 e. The van der Waals surface area contributed by atoms with Crippen molar-refractivity contribution in [2.75, 3.05) is 13.6 Å². The summed E-state index contributed by atoms with van der Waals surface area (Å²) in [5.74, 6) is -1.10. The van der Waals surface area contributed by atoms with E-state index in [2.05, 4.69) is 0 Å². The molecule has 0 aliphatic heterocycles. The minimum absolute atomic E-state index is 0.105. The van der Waals surface area contributed by atoms with Gasteiger partial charge in [-0.05, 0) is 18.2 Å². The number of nitrogens with zero attached hydrogens (tertiary/aromatic N) is 1. The van der Waals surface area contributed by atoms with Gasteiger partial charge in [-0.2, -0.15) is 0 Å². The van der Waals surface area contributed by atoms with Crippen LogP contribution in [0.15, 0.2) is 47.1 Å². The molecule has 0 aliphatic rings. The molecule has 1 heterocycles. The zero-order valence-corrected chi connectivity index (χ0v) is 13.1. The number of furan rings is 1. The smallest absolute Gasteiger partial charge is 0.308 e. The van der Waals surface area contributed by atoms with Crippen molar-refractivity contribution in [3.8, 4) is 5.75 Å². The number of carbonyl (C=O) groups excluding carboxylic acids is 1. The number of carboxylic acid groups (broad SMARTS) is 1. The number of hydrogen-bond donors (Lipinski definition) is 1. The number of carbonyl (C=O) groups is 2. The second-order valence-electron chi connectivity index (χ2n) is 5.30. The van der Waals surface area contributed by atoms with Crippen LogP contribution in [-0.4, -0.2) is 35.5 Å². The van der Waals surface area contributed by atoms with Gasteiger partial charge in [0.25, 0.3) is 5.91 Å². The molecule has 0 radical (unpaired) electrons. The van der Waals surface area contributed by atoms with E-state index in [1.807, 2.05) is 30.3 Å². The lowest BCUT2D eigenvalue weighted by Gasteiger charge is -2.18. The van der Waals surface area contributed by atoms with E-state index in [0.29, 0.717) is 11.3 Å². The minimum Gasteiger partial charge on any atom is -0.489 e. The first-order chi connectivity index (χ1) is 11.0. The van der Waals surface area contributed by atoms with Gasteiger partial charge >= 0.3 is 5.97 Å². The van der Waals surface area contributed by atoms with Crippen LogP contribution in [0.25, 0.3) is 0 Å². The monoisotopic (exact) mass is 317 g/mol. The topological polar surface area (TPSA) is 80.0 Å². The summed E-state index contributed by atoms with van der Waals surface area (Å²) in [5.41, 5.74) is 0.619. The second-order valence-corrected chi connectivity index (χ2v) is 5.30. The van der Waals surface area contributed by atoms with Crippen LogP contribution in [0.3, 0.4) is 0 Å². The van der Waals surface area contributed by atoms with Crippen molar-refractivity contribution in [3.63, 3.8) is 0 Å². The first-order valence-electron chi connectivity index (χ1n) is 7.21. The molecule has 0 fully saturated rings. The third kappa shape index (κ3) is 4.35. The quantitative estimate of drug-likeness (QED) is 0.849. The van der Waals surface area contributed by atoms with E-state index in [0.717, 1.165) is 0 Å². The predicted octanol–water partition coefficient (Wildman–Crippen LogP) is 2.65. The maximum atomic E-state index is 12.4. The van der Waals surface area contributed by atoms with Gasteiger partial charge in [-0.1, -0.05) is 25.1 Å². The van der Waals surface area contributed by atoms with E-state index in [1.165, 1.54) is 11.2 Å². The zero-order valence-electron chi connectivity index (χ0n) is 13.1. The van der Waals surface area contributed by atoms with Crippen LogP contribution in [0.5, 0.6) is 5.75 Å². The Morgan fingerprint density at radius 3 is 2.61 bits per heavy atom. The van der Waals surface area contributed by atoms with Crippen LogP contribution >= 0.6 is 0 Å². The third-order valence-electron chi connectivity index (χ3n) is 3.39. The van der Waals surface area contributed by atoms with E-state index < -0.39 is 11.9 Å². The number of amides is 1. The summed E-state index contributed by atoms with van der Waals surface area (Å²) in [6.45, 7) is 1.85. The largest absolute Gasteiger partial charge is 0.489 e. The molecule has 1 atom stereocenters. The lowest BCUT2D eigenvalue weighted by molar-refractivity contribution is -0.141. The molecule has 0 spiro atoms. The summed E-state index contributed by atoms with van der Waals surface area (Å²) in [4.78, 5) is 24.6. The standard InChI is InChI=1S/C17H19NO5/c1-12(17(20)21)10-18(2)16(19)15-13(8-9-22-15)11-23-14-6-4-3-5-7-14/h3-9,12H,10-11H2,1-2H3,(H,20,21)/t12-/m1/s1. The fourth-order valence-electron chi connectivity index (χ4n) is 2.06. The van der Waals surface area contributed by atoms with Crippen molar-refractivity contribution in [2.45, 2.75) is 13.5 Å². The van der Waals surface area contributed by atoms with Crippen LogP contribution in [0, 0.1) is 5.92 Å². The number of ether oxygens (including phenoxy) is 1. The Balaban J connectivity index is 2.02. The summed E-state index contributed by atoms with van der Waals surface area (Å²) in [5, 5.41) is 8.93. The number of aliphatic carboxylic acids is 1. The lowest BCUT2D eigenvalue weighted by Crippen LogP contribution is -2.34.